The van der Waals surface area contributed by atoms with Crippen LogP contribution in [0.25, 0.3) is 10.9 Å². The first-order valence-electron chi connectivity index (χ1n) is 5.05. The van der Waals surface area contributed by atoms with Gasteiger partial charge in [-0.2, -0.15) is 0 Å². The summed E-state index contributed by atoms with van der Waals surface area (Å²) in [6, 6.07) is 3.57. The molecule has 84 valence electrons. The van der Waals surface area contributed by atoms with Crippen molar-refractivity contribution in [3.63, 3.8) is 0 Å². The molecule has 0 saturated heterocycles. The number of rotatable bonds is 1. The monoisotopic (exact) mass is 299 g/mol. The van der Waals surface area contributed by atoms with Crippen molar-refractivity contribution in [2.24, 2.45) is 0 Å². The minimum Gasteiger partial charge on any atom is -0.357 e. The van der Waals surface area contributed by atoms with Gasteiger partial charge in [-0.1, -0.05) is 18.5 Å². The first-order chi connectivity index (χ1) is 7.56. The van der Waals surface area contributed by atoms with Gasteiger partial charge in [-0.05, 0) is 41.4 Å². The van der Waals surface area contributed by atoms with Gasteiger partial charge in [-0.15, -0.1) is 0 Å². The Hall–Kier alpha value is -0.800. The van der Waals surface area contributed by atoms with Crippen molar-refractivity contribution in [3.8, 4) is 0 Å². The molecule has 0 atom stereocenters. The third kappa shape index (κ3) is 1.68. The molecule has 0 aliphatic heterocycles. The number of aryl methyl sites for hydroxylation is 1. The van der Waals surface area contributed by atoms with Gasteiger partial charge in [0.15, 0.2) is 5.43 Å². The summed E-state index contributed by atoms with van der Waals surface area (Å²) in [5, 5.41) is 1.20. The van der Waals surface area contributed by atoms with Crippen molar-refractivity contribution in [3.05, 3.63) is 43.1 Å². The Morgan fingerprint density at radius 2 is 2.12 bits per heavy atom. The molecule has 2 aromatic rings. The van der Waals surface area contributed by atoms with Crippen LogP contribution in [0.1, 0.15) is 18.2 Å². The van der Waals surface area contributed by atoms with Crippen molar-refractivity contribution in [1.82, 2.24) is 4.98 Å². The fraction of sp³-hybridized carbons (Fsp3) is 0.250. The molecule has 4 heteroatoms. The number of benzene rings is 1. The Labute approximate surface area is 107 Å². The van der Waals surface area contributed by atoms with Crippen molar-refractivity contribution in [1.29, 1.82) is 0 Å². The van der Waals surface area contributed by atoms with Crippen LogP contribution in [0.3, 0.4) is 0 Å². The third-order valence-corrected chi connectivity index (χ3v) is 3.73. The molecule has 0 radical (unpaired) electrons. The van der Waals surface area contributed by atoms with E-state index in [0.717, 1.165) is 22.2 Å². The van der Waals surface area contributed by atoms with E-state index in [0.29, 0.717) is 15.9 Å². The predicted octanol–water partition coefficient (Wildman–Crippen LogP) is 3.81. The second-order valence-electron chi connectivity index (χ2n) is 3.69. The van der Waals surface area contributed by atoms with Gasteiger partial charge in [-0.3, -0.25) is 4.79 Å². The van der Waals surface area contributed by atoms with E-state index in [1.165, 1.54) is 0 Å². The van der Waals surface area contributed by atoms with Gasteiger partial charge >= 0.3 is 0 Å². The number of aromatic nitrogens is 1. The Morgan fingerprint density at radius 1 is 1.44 bits per heavy atom. The molecule has 0 fully saturated rings. The molecule has 1 N–H and O–H groups in total. The Bertz CT molecular complexity index is 618. The quantitative estimate of drug-likeness (QED) is 0.853. The van der Waals surface area contributed by atoms with E-state index < -0.39 is 0 Å². The maximum absolute atomic E-state index is 12.2. The van der Waals surface area contributed by atoms with Crippen LogP contribution in [-0.2, 0) is 6.42 Å². The summed E-state index contributed by atoms with van der Waals surface area (Å²) >= 11 is 9.48. The zero-order valence-corrected chi connectivity index (χ0v) is 11.4. The Balaban J connectivity index is 3.04. The van der Waals surface area contributed by atoms with E-state index in [9.17, 15) is 4.79 Å². The highest BCUT2D eigenvalue weighted by Crippen LogP contribution is 2.27. The maximum atomic E-state index is 12.2. The number of aromatic amines is 1. The molecule has 1 heterocycles. The molecule has 0 amide bonds. The second-order valence-corrected chi connectivity index (χ2v) is 4.95. The van der Waals surface area contributed by atoms with Crippen LogP contribution in [-0.4, -0.2) is 4.98 Å². The number of hydrogen-bond donors (Lipinski definition) is 1. The molecule has 2 nitrogen and oxygen atoms in total. The molecule has 0 aliphatic carbocycles. The van der Waals surface area contributed by atoms with Crippen LogP contribution in [0.15, 0.2) is 21.4 Å². The molecule has 0 saturated carbocycles. The minimum atomic E-state index is 0.0416. The van der Waals surface area contributed by atoms with Gasteiger partial charge in [-0.25, -0.2) is 0 Å². The molecular formula is C12H11BrClNO. The zero-order chi connectivity index (χ0) is 11.9. The highest BCUT2D eigenvalue weighted by molar-refractivity contribution is 9.10. The predicted molar refractivity (Wildman–Crippen MR) is 71.4 cm³/mol. The van der Waals surface area contributed by atoms with Crippen molar-refractivity contribution < 1.29 is 0 Å². The number of hydrogen-bond acceptors (Lipinski definition) is 1. The lowest BCUT2D eigenvalue weighted by molar-refractivity contribution is 1.02. The zero-order valence-electron chi connectivity index (χ0n) is 9.03. The van der Waals surface area contributed by atoms with E-state index in [2.05, 4.69) is 20.9 Å². The van der Waals surface area contributed by atoms with Gasteiger partial charge in [0.1, 0.15) is 0 Å². The van der Waals surface area contributed by atoms with Crippen molar-refractivity contribution in [2.75, 3.05) is 0 Å². The van der Waals surface area contributed by atoms with E-state index in [-0.39, 0.29) is 5.43 Å². The number of pyridine rings is 1. The standard InChI is InChI=1S/C12H11BrClNO/c1-3-9-6(2)12(16)10-7(13)4-5-8(14)11(10)15-9/h4-5H,3H2,1-2H3,(H,15,16). The lowest BCUT2D eigenvalue weighted by Gasteiger charge is -2.08. The van der Waals surface area contributed by atoms with Crippen LogP contribution >= 0.6 is 27.5 Å². The average Bonchev–Trinajstić information content (AvgIpc) is 2.27. The largest absolute Gasteiger partial charge is 0.357 e. The normalized spacial score (nSPS) is 11.0. The molecular weight excluding hydrogens is 289 g/mol. The number of H-pyrrole nitrogens is 1. The van der Waals surface area contributed by atoms with Gasteiger partial charge in [0, 0.05) is 15.7 Å². The van der Waals surface area contributed by atoms with Gasteiger partial charge in [0.25, 0.3) is 0 Å². The molecule has 0 unspecified atom stereocenters. The van der Waals surface area contributed by atoms with Crippen molar-refractivity contribution >= 4 is 38.4 Å². The van der Waals surface area contributed by atoms with Crippen LogP contribution in [0.2, 0.25) is 5.02 Å². The fourth-order valence-corrected chi connectivity index (χ4v) is 2.53. The molecule has 2 rings (SSSR count). The number of fused-ring (bicyclic) bond motifs is 1. The topological polar surface area (TPSA) is 32.9 Å². The SMILES string of the molecule is CCc1[nH]c2c(Cl)ccc(Br)c2c(=O)c1C. The number of nitrogens with one attached hydrogen (secondary N) is 1. The summed E-state index contributed by atoms with van der Waals surface area (Å²) in [5.41, 5.74) is 2.46. The first kappa shape index (κ1) is 11.7. The first-order valence-corrected chi connectivity index (χ1v) is 6.22. The molecule has 16 heavy (non-hydrogen) atoms. The highest BCUT2D eigenvalue weighted by atomic mass is 79.9. The molecule has 0 spiro atoms. The summed E-state index contributed by atoms with van der Waals surface area (Å²) in [6.45, 7) is 3.85. The highest BCUT2D eigenvalue weighted by Gasteiger charge is 2.11. The molecule has 1 aromatic heterocycles. The van der Waals surface area contributed by atoms with Crippen LogP contribution < -0.4 is 5.43 Å². The molecule has 1 aromatic carbocycles. The minimum absolute atomic E-state index is 0.0416. The molecule has 0 aliphatic rings. The summed E-state index contributed by atoms with van der Waals surface area (Å²) in [7, 11) is 0. The van der Waals surface area contributed by atoms with Crippen LogP contribution in [0.4, 0.5) is 0 Å². The Kier molecular flexibility index (Phi) is 3.08. The number of halogens is 2. The van der Waals surface area contributed by atoms with E-state index >= 15 is 0 Å². The lowest BCUT2D eigenvalue weighted by Crippen LogP contribution is -2.11. The van der Waals surface area contributed by atoms with Crippen LogP contribution in [0, 0.1) is 6.92 Å². The smallest absolute Gasteiger partial charge is 0.193 e. The summed E-state index contributed by atoms with van der Waals surface area (Å²) in [4.78, 5) is 15.4. The Morgan fingerprint density at radius 3 is 2.75 bits per heavy atom. The lowest BCUT2D eigenvalue weighted by atomic mass is 10.1. The maximum Gasteiger partial charge on any atom is 0.193 e. The second kappa shape index (κ2) is 4.22. The summed E-state index contributed by atoms with van der Waals surface area (Å²) in [5.74, 6) is 0. The summed E-state index contributed by atoms with van der Waals surface area (Å²) < 4.78 is 0.777. The fourth-order valence-electron chi connectivity index (χ4n) is 1.82. The van der Waals surface area contributed by atoms with Crippen LogP contribution in [0.5, 0.6) is 0 Å². The van der Waals surface area contributed by atoms with Gasteiger partial charge in [0.2, 0.25) is 0 Å². The van der Waals surface area contributed by atoms with Crippen molar-refractivity contribution in [2.45, 2.75) is 20.3 Å². The van der Waals surface area contributed by atoms with Gasteiger partial charge < -0.3 is 4.98 Å². The van der Waals surface area contributed by atoms with E-state index in [1.54, 1.807) is 12.1 Å². The van der Waals surface area contributed by atoms with Gasteiger partial charge in [0.05, 0.1) is 15.9 Å². The third-order valence-electron chi connectivity index (χ3n) is 2.75. The average molecular weight is 301 g/mol. The van der Waals surface area contributed by atoms with E-state index in [4.69, 9.17) is 11.6 Å². The van der Waals surface area contributed by atoms with E-state index in [1.807, 2.05) is 13.8 Å². The summed E-state index contributed by atoms with van der Waals surface area (Å²) in [6.07, 6.45) is 0.792. The molecule has 0 bridgehead atoms.